The normalized spacial score (nSPS) is 13.1. The van der Waals surface area contributed by atoms with Crippen molar-refractivity contribution in [1.29, 1.82) is 0 Å². The Bertz CT molecular complexity index is 337. The molecule has 0 aliphatic rings. The summed E-state index contributed by atoms with van der Waals surface area (Å²) in [7, 11) is 0. The van der Waals surface area contributed by atoms with Gasteiger partial charge in [0.1, 0.15) is 5.75 Å². The molecule has 0 heterocycles. The number of aromatic hydroxyl groups is 1. The zero-order chi connectivity index (χ0) is 12.1. The summed E-state index contributed by atoms with van der Waals surface area (Å²) in [6.07, 6.45) is 0. The number of hydrogen-bond donors (Lipinski definition) is 3. The first-order chi connectivity index (χ1) is 7.54. The molecule has 0 spiro atoms. The first kappa shape index (κ1) is 13.0. The molecule has 90 valence electrons. The lowest BCUT2D eigenvalue weighted by atomic mass is 10.0. The van der Waals surface area contributed by atoms with E-state index in [2.05, 4.69) is 19.2 Å². The highest BCUT2D eigenvalue weighted by Crippen LogP contribution is 2.18. The smallest absolute Gasteiger partial charge is 0.120 e. The maximum atomic E-state index is 9.66. The van der Waals surface area contributed by atoms with E-state index in [0.717, 1.165) is 11.1 Å². The summed E-state index contributed by atoms with van der Waals surface area (Å²) in [6.45, 7) is 6.81. The van der Waals surface area contributed by atoms with E-state index in [-0.39, 0.29) is 12.6 Å². The maximum absolute atomic E-state index is 9.66. The lowest BCUT2D eigenvalue weighted by Gasteiger charge is -2.20. The van der Waals surface area contributed by atoms with Crippen molar-refractivity contribution in [3.8, 4) is 5.75 Å². The van der Waals surface area contributed by atoms with Crippen LogP contribution in [0.2, 0.25) is 0 Å². The molecule has 0 saturated heterocycles. The molecule has 3 nitrogen and oxygen atoms in total. The molecular formula is C13H21NO2. The summed E-state index contributed by atoms with van der Waals surface area (Å²) in [6, 6.07) is 5.61. The number of aliphatic hydroxyl groups excluding tert-OH is 1. The van der Waals surface area contributed by atoms with Crippen LogP contribution in [0.15, 0.2) is 18.2 Å². The average Bonchev–Trinajstić information content (AvgIpc) is 2.23. The van der Waals surface area contributed by atoms with Crippen molar-refractivity contribution in [2.24, 2.45) is 5.92 Å². The number of rotatable bonds is 5. The Labute approximate surface area is 97.1 Å². The van der Waals surface area contributed by atoms with Crippen LogP contribution in [0.1, 0.15) is 25.0 Å². The second kappa shape index (κ2) is 5.87. The average molecular weight is 223 g/mol. The Morgan fingerprint density at radius 2 is 2.00 bits per heavy atom. The third kappa shape index (κ3) is 3.51. The van der Waals surface area contributed by atoms with Gasteiger partial charge in [0.15, 0.2) is 0 Å². The Kier molecular flexibility index (Phi) is 4.77. The van der Waals surface area contributed by atoms with Gasteiger partial charge in [-0.25, -0.2) is 0 Å². The Balaban J connectivity index is 2.63. The standard InChI is InChI=1S/C13H21NO2/c1-9(2)12(8-15)14-7-11-6-10(3)4-5-13(11)16/h4-6,9,12,14-16H,7-8H2,1-3H3/t12-/m1/s1. The monoisotopic (exact) mass is 223 g/mol. The number of hydrogen-bond acceptors (Lipinski definition) is 3. The fourth-order valence-electron chi connectivity index (χ4n) is 1.61. The number of phenols is 1. The first-order valence-electron chi connectivity index (χ1n) is 5.67. The van der Waals surface area contributed by atoms with E-state index in [1.54, 1.807) is 6.07 Å². The number of nitrogens with one attached hydrogen (secondary N) is 1. The SMILES string of the molecule is Cc1ccc(O)c(CN[C@H](CO)C(C)C)c1. The molecule has 0 fully saturated rings. The van der Waals surface area contributed by atoms with Gasteiger partial charge in [-0.1, -0.05) is 31.5 Å². The summed E-state index contributed by atoms with van der Waals surface area (Å²) in [5.41, 5.74) is 2.00. The lowest BCUT2D eigenvalue weighted by Crippen LogP contribution is -2.36. The van der Waals surface area contributed by atoms with Crippen LogP contribution in [-0.4, -0.2) is 22.9 Å². The highest BCUT2D eigenvalue weighted by atomic mass is 16.3. The molecular weight excluding hydrogens is 202 g/mol. The quantitative estimate of drug-likeness (QED) is 0.713. The molecule has 0 radical (unpaired) electrons. The molecule has 0 aliphatic carbocycles. The molecule has 1 aromatic rings. The second-order valence-corrected chi connectivity index (χ2v) is 4.55. The van der Waals surface area contributed by atoms with E-state index in [4.69, 9.17) is 0 Å². The van der Waals surface area contributed by atoms with E-state index < -0.39 is 0 Å². The fourth-order valence-corrected chi connectivity index (χ4v) is 1.61. The molecule has 0 aromatic heterocycles. The summed E-state index contributed by atoms with van der Waals surface area (Å²) in [5, 5.41) is 22.1. The third-order valence-electron chi connectivity index (χ3n) is 2.79. The summed E-state index contributed by atoms with van der Waals surface area (Å²) in [5.74, 6) is 0.676. The van der Waals surface area contributed by atoms with Crippen LogP contribution in [0, 0.1) is 12.8 Å². The van der Waals surface area contributed by atoms with E-state index in [1.165, 1.54) is 0 Å². The molecule has 16 heavy (non-hydrogen) atoms. The molecule has 3 N–H and O–H groups in total. The summed E-state index contributed by atoms with van der Waals surface area (Å²) < 4.78 is 0. The Hall–Kier alpha value is -1.06. The lowest BCUT2D eigenvalue weighted by molar-refractivity contribution is 0.209. The minimum Gasteiger partial charge on any atom is -0.508 e. The van der Waals surface area contributed by atoms with Crippen LogP contribution in [0.3, 0.4) is 0 Å². The fraction of sp³-hybridized carbons (Fsp3) is 0.538. The Morgan fingerprint density at radius 3 is 2.56 bits per heavy atom. The Morgan fingerprint density at radius 1 is 1.31 bits per heavy atom. The van der Waals surface area contributed by atoms with Gasteiger partial charge in [-0.3, -0.25) is 0 Å². The van der Waals surface area contributed by atoms with Crippen LogP contribution < -0.4 is 5.32 Å². The summed E-state index contributed by atoms with van der Waals surface area (Å²) >= 11 is 0. The van der Waals surface area contributed by atoms with Crippen molar-refractivity contribution >= 4 is 0 Å². The summed E-state index contributed by atoms with van der Waals surface area (Å²) in [4.78, 5) is 0. The zero-order valence-corrected chi connectivity index (χ0v) is 10.2. The van der Waals surface area contributed by atoms with Gasteiger partial charge in [0.2, 0.25) is 0 Å². The van der Waals surface area contributed by atoms with E-state index >= 15 is 0 Å². The second-order valence-electron chi connectivity index (χ2n) is 4.55. The molecule has 3 heteroatoms. The van der Waals surface area contributed by atoms with Crippen molar-refractivity contribution in [1.82, 2.24) is 5.32 Å². The number of phenolic OH excluding ortho intramolecular Hbond substituents is 1. The number of aliphatic hydroxyl groups is 1. The van der Waals surface area contributed by atoms with Gasteiger partial charge in [0.25, 0.3) is 0 Å². The first-order valence-corrected chi connectivity index (χ1v) is 5.67. The predicted octanol–water partition coefficient (Wildman–Crippen LogP) is 1.81. The van der Waals surface area contributed by atoms with Gasteiger partial charge in [0.05, 0.1) is 6.61 Å². The maximum Gasteiger partial charge on any atom is 0.120 e. The predicted molar refractivity (Wildman–Crippen MR) is 65.4 cm³/mol. The third-order valence-corrected chi connectivity index (χ3v) is 2.79. The van der Waals surface area contributed by atoms with Crippen LogP contribution >= 0.6 is 0 Å². The largest absolute Gasteiger partial charge is 0.508 e. The van der Waals surface area contributed by atoms with E-state index in [0.29, 0.717) is 18.2 Å². The van der Waals surface area contributed by atoms with Gasteiger partial charge < -0.3 is 15.5 Å². The van der Waals surface area contributed by atoms with Gasteiger partial charge in [0, 0.05) is 18.2 Å². The molecule has 0 unspecified atom stereocenters. The number of benzene rings is 1. The minimum atomic E-state index is 0.0694. The highest BCUT2D eigenvalue weighted by Gasteiger charge is 2.11. The van der Waals surface area contributed by atoms with Crippen LogP contribution in [0.5, 0.6) is 5.75 Å². The molecule has 0 saturated carbocycles. The molecule has 1 aromatic carbocycles. The van der Waals surface area contributed by atoms with Crippen molar-refractivity contribution in [2.75, 3.05) is 6.61 Å². The van der Waals surface area contributed by atoms with Gasteiger partial charge in [-0.05, 0) is 18.9 Å². The molecule has 0 bridgehead atoms. The van der Waals surface area contributed by atoms with Crippen molar-refractivity contribution < 1.29 is 10.2 Å². The van der Waals surface area contributed by atoms with Crippen molar-refractivity contribution in [3.63, 3.8) is 0 Å². The topological polar surface area (TPSA) is 52.5 Å². The van der Waals surface area contributed by atoms with Crippen LogP contribution in [0.25, 0.3) is 0 Å². The van der Waals surface area contributed by atoms with Crippen molar-refractivity contribution in [2.45, 2.75) is 33.4 Å². The molecule has 0 amide bonds. The zero-order valence-electron chi connectivity index (χ0n) is 10.2. The molecule has 1 rings (SSSR count). The van der Waals surface area contributed by atoms with Crippen LogP contribution in [0.4, 0.5) is 0 Å². The van der Waals surface area contributed by atoms with Crippen LogP contribution in [-0.2, 0) is 6.54 Å². The van der Waals surface area contributed by atoms with Gasteiger partial charge in [-0.15, -0.1) is 0 Å². The van der Waals surface area contributed by atoms with Gasteiger partial charge >= 0.3 is 0 Å². The molecule has 0 aliphatic heterocycles. The van der Waals surface area contributed by atoms with E-state index in [9.17, 15) is 10.2 Å². The van der Waals surface area contributed by atoms with E-state index in [1.807, 2.05) is 19.1 Å². The number of aryl methyl sites for hydroxylation is 1. The minimum absolute atomic E-state index is 0.0694. The van der Waals surface area contributed by atoms with Crippen molar-refractivity contribution in [3.05, 3.63) is 29.3 Å². The highest BCUT2D eigenvalue weighted by molar-refractivity contribution is 5.35. The van der Waals surface area contributed by atoms with Gasteiger partial charge in [-0.2, -0.15) is 0 Å². The molecule has 1 atom stereocenters.